The Kier molecular flexibility index (Phi) is 6.43. The fraction of sp³-hybridized carbons (Fsp3) is 0.167. The molecule has 31 heavy (non-hydrogen) atoms. The van der Waals surface area contributed by atoms with Gasteiger partial charge in [0.25, 0.3) is 0 Å². The number of pyridine rings is 1. The lowest BCUT2D eigenvalue weighted by Gasteiger charge is -2.11. The van der Waals surface area contributed by atoms with Gasteiger partial charge in [0.1, 0.15) is 0 Å². The Morgan fingerprint density at radius 1 is 0.968 bits per heavy atom. The van der Waals surface area contributed by atoms with Crippen molar-refractivity contribution in [1.82, 2.24) is 19.7 Å². The number of nitrogens with one attached hydrogen (secondary N) is 1. The van der Waals surface area contributed by atoms with E-state index in [1.807, 2.05) is 72.2 Å². The van der Waals surface area contributed by atoms with Crippen LogP contribution in [0.1, 0.15) is 18.1 Å². The third kappa shape index (κ3) is 5.00. The zero-order valence-electron chi connectivity index (χ0n) is 17.4. The van der Waals surface area contributed by atoms with Crippen LogP contribution in [0, 0.1) is 6.92 Å². The van der Waals surface area contributed by atoms with Crippen molar-refractivity contribution in [3.8, 4) is 17.1 Å². The molecule has 0 unspecified atom stereocenters. The summed E-state index contributed by atoms with van der Waals surface area (Å²) in [4.78, 5) is 16.6. The van der Waals surface area contributed by atoms with E-state index in [1.54, 1.807) is 12.4 Å². The lowest BCUT2D eigenvalue weighted by molar-refractivity contribution is -0.113. The van der Waals surface area contributed by atoms with Gasteiger partial charge in [0.15, 0.2) is 11.0 Å². The highest BCUT2D eigenvalue weighted by Gasteiger charge is 2.17. The first kappa shape index (κ1) is 20.8. The van der Waals surface area contributed by atoms with Crippen molar-refractivity contribution >= 4 is 23.4 Å². The molecule has 0 saturated carbocycles. The van der Waals surface area contributed by atoms with Crippen LogP contribution in [0.4, 0.5) is 5.69 Å². The molecule has 0 aliphatic carbocycles. The molecule has 0 spiro atoms. The summed E-state index contributed by atoms with van der Waals surface area (Å²) < 4.78 is 1.97. The van der Waals surface area contributed by atoms with Crippen LogP contribution >= 0.6 is 11.8 Å². The third-order valence-corrected chi connectivity index (χ3v) is 5.77. The van der Waals surface area contributed by atoms with E-state index in [1.165, 1.54) is 22.9 Å². The largest absolute Gasteiger partial charge is 0.325 e. The summed E-state index contributed by atoms with van der Waals surface area (Å²) in [5, 5.41) is 12.4. The number of anilines is 1. The number of hydrogen-bond acceptors (Lipinski definition) is 5. The van der Waals surface area contributed by atoms with Crippen LogP contribution in [0.5, 0.6) is 0 Å². The van der Waals surface area contributed by atoms with Crippen LogP contribution in [-0.2, 0) is 11.2 Å². The molecule has 0 aliphatic rings. The number of rotatable bonds is 7. The van der Waals surface area contributed by atoms with Gasteiger partial charge in [-0.25, -0.2) is 0 Å². The number of thioether (sulfide) groups is 1. The number of aryl methyl sites for hydroxylation is 2. The van der Waals surface area contributed by atoms with Crippen molar-refractivity contribution in [2.24, 2.45) is 0 Å². The van der Waals surface area contributed by atoms with Gasteiger partial charge in [-0.05, 0) is 55.3 Å². The summed E-state index contributed by atoms with van der Waals surface area (Å²) in [5.41, 5.74) is 5.06. The number of carbonyl (C=O) groups excluding carboxylic acids is 1. The molecule has 1 amide bonds. The van der Waals surface area contributed by atoms with Gasteiger partial charge >= 0.3 is 0 Å². The van der Waals surface area contributed by atoms with E-state index in [2.05, 4.69) is 27.4 Å². The molecule has 1 N–H and O–H groups in total. The second-order valence-corrected chi connectivity index (χ2v) is 8.04. The van der Waals surface area contributed by atoms with Gasteiger partial charge in [-0.15, -0.1) is 10.2 Å². The van der Waals surface area contributed by atoms with Crippen LogP contribution in [-0.4, -0.2) is 31.4 Å². The van der Waals surface area contributed by atoms with Crippen molar-refractivity contribution in [2.45, 2.75) is 25.4 Å². The van der Waals surface area contributed by atoms with E-state index in [0.29, 0.717) is 11.0 Å². The highest BCUT2D eigenvalue weighted by Crippen LogP contribution is 2.28. The van der Waals surface area contributed by atoms with Crippen molar-refractivity contribution in [2.75, 3.05) is 11.1 Å². The monoisotopic (exact) mass is 429 g/mol. The molecule has 2 aromatic carbocycles. The van der Waals surface area contributed by atoms with Crippen LogP contribution in [0.2, 0.25) is 0 Å². The Balaban J connectivity index is 1.55. The molecule has 6 nitrogen and oxygen atoms in total. The average Bonchev–Trinajstić information content (AvgIpc) is 3.23. The quantitative estimate of drug-likeness (QED) is 0.422. The van der Waals surface area contributed by atoms with Crippen LogP contribution in [0.15, 0.2) is 78.2 Å². The molecule has 0 fully saturated rings. The average molecular weight is 430 g/mol. The van der Waals surface area contributed by atoms with Gasteiger partial charge in [0, 0.05) is 29.3 Å². The molecule has 7 heteroatoms. The molecule has 2 heterocycles. The lowest BCUT2D eigenvalue weighted by Crippen LogP contribution is -2.14. The number of amides is 1. The van der Waals surface area contributed by atoms with E-state index >= 15 is 0 Å². The molecular weight excluding hydrogens is 406 g/mol. The van der Waals surface area contributed by atoms with E-state index < -0.39 is 0 Å². The zero-order chi connectivity index (χ0) is 21.6. The summed E-state index contributed by atoms with van der Waals surface area (Å²) >= 11 is 1.36. The van der Waals surface area contributed by atoms with Crippen LogP contribution in [0.25, 0.3) is 17.1 Å². The highest BCUT2D eigenvalue weighted by atomic mass is 32.2. The zero-order valence-corrected chi connectivity index (χ0v) is 18.3. The molecule has 156 valence electrons. The third-order valence-electron chi connectivity index (χ3n) is 4.84. The summed E-state index contributed by atoms with van der Waals surface area (Å²) in [6, 6.07) is 19.9. The Labute approximate surface area is 185 Å². The maximum absolute atomic E-state index is 12.5. The molecule has 0 bridgehead atoms. The van der Waals surface area contributed by atoms with Crippen LogP contribution < -0.4 is 5.32 Å². The van der Waals surface area contributed by atoms with Gasteiger partial charge < -0.3 is 5.32 Å². The fourth-order valence-corrected chi connectivity index (χ4v) is 3.88. The van der Waals surface area contributed by atoms with Crippen molar-refractivity contribution in [3.63, 3.8) is 0 Å². The second kappa shape index (κ2) is 9.57. The summed E-state index contributed by atoms with van der Waals surface area (Å²) in [6.45, 7) is 4.15. The first-order valence-electron chi connectivity index (χ1n) is 10.1. The molecule has 0 saturated heterocycles. The second-order valence-electron chi connectivity index (χ2n) is 7.10. The Hall–Kier alpha value is -3.45. The minimum atomic E-state index is -0.0850. The fourth-order valence-electron chi connectivity index (χ4n) is 3.13. The summed E-state index contributed by atoms with van der Waals surface area (Å²) in [6.07, 6.45) is 4.43. The predicted octanol–water partition coefficient (Wildman–Crippen LogP) is 4.93. The number of nitrogens with zero attached hydrogens (tertiary/aromatic N) is 4. The lowest BCUT2D eigenvalue weighted by atomic mass is 10.1. The van der Waals surface area contributed by atoms with E-state index in [-0.39, 0.29) is 11.7 Å². The Morgan fingerprint density at radius 2 is 1.68 bits per heavy atom. The SMILES string of the molecule is CCc1ccc(NC(=O)CSc2nnc(-c3ccncc3)n2-c2ccc(C)cc2)cc1. The van der Waals surface area contributed by atoms with Gasteiger partial charge in [-0.1, -0.05) is 48.5 Å². The smallest absolute Gasteiger partial charge is 0.234 e. The van der Waals surface area contributed by atoms with Crippen molar-refractivity contribution in [3.05, 3.63) is 84.2 Å². The van der Waals surface area contributed by atoms with Gasteiger partial charge in [0.2, 0.25) is 5.91 Å². The summed E-state index contributed by atoms with van der Waals surface area (Å²) in [7, 11) is 0. The molecular formula is C24H23N5OS. The maximum atomic E-state index is 12.5. The number of hydrogen-bond donors (Lipinski definition) is 1. The van der Waals surface area contributed by atoms with Crippen molar-refractivity contribution in [1.29, 1.82) is 0 Å². The van der Waals surface area contributed by atoms with Crippen LogP contribution in [0.3, 0.4) is 0 Å². The molecule has 2 aromatic heterocycles. The van der Waals surface area contributed by atoms with E-state index in [0.717, 1.165) is 23.4 Å². The molecule has 4 rings (SSSR count). The minimum Gasteiger partial charge on any atom is -0.325 e. The molecule has 0 atom stereocenters. The first-order chi connectivity index (χ1) is 15.1. The predicted molar refractivity (Wildman–Crippen MR) is 125 cm³/mol. The van der Waals surface area contributed by atoms with Gasteiger partial charge in [-0.3, -0.25) is 14.3 Å². The number of benzene rings is 2. The standard InChI is InChI=1S/C24H23N5OS/c1-3-18-6-8-20(9-7-18)26-22(30)16-31-24-28-27-23(19-12-14-25-15-13-19)29(24)21-10-4-17(2)5-11-21/h4-15H,3,16H2,1-2H3,(H,26,30). The molecule has 0 radical (unpaired) electrons. The minimum absolute atomic E-state index is 0.0850. The molecule has 0 aliphatic heterocycles. The van der Waals surface area contributed by atoms with Gasteiger partial charge in [0.05, 0.1) is 5.75 Å². The number of aromatic nitrogens is 4. The topological polar surface area (TPSA) is 72.7 Å². The first-order valence-corrected chi connectivity index (χ1v) is 11.1. The molecule has 4 aromatic rings. The normalized spacial score (nSPS) is 10.8. The van der Waals surface area contributed by atoms with E-state index in [9.17, 15) is 4.79 Å². The Morgan fingerprint density at radius 3 is 2.35 bits per heavy atom. The highest BCUT2D eigenvalue weighted by molar-refractivity contribution is 7.99. The number of carbonyl (C=O) groups is 1. The maximum Gasteiger partial charge on any atom is 0.234 e. The van der Waals surface area contributed by atoms with Gasteiger partial charge in [-0.2, -0.15) is 0 Å². The van der Waals surface area contributed by atoms with E-state index in [4.69, 9.17) is 0 Å². The summed E-state index contributed by atoms with van der Waals surface area (Å²) in [5.74, 6) is 0.859. The Bertz CT molecular complexity index is 1160. The van der Waals surface area contributed by atoms with Crippen molar-refractivity contribution < 1.29 is 4.79 Å².